The first-order valence-corrected chi connectivity index (χ1v) is 10.8. The fourth-order valence-electron chi connectivity index (χ4n) is 3.51. The van der Waals surface area contributed by atoms with E-state index in [9.17, 15) is 0 Å². The van der Waals surface area contributed by atoms with Crippen LogP contribution in [0.4, 0.5) is 23.4 Å². The fourth-order valence-corrected chi connectivity index (χ4v) is 3.86. The van der Waals surface area contributed by atoms with Gasteiger partial charge in [0.2, 0.25) is 11.9 Å². The molecule has 0 radical (unpaired) electrons. The minimum atomic E-state index is 0.464. The van der Waals surface area contributed by atoms with Crippen molar-refractivity contribution < 1.29 is 0 Å². The fraction of sp³-hybridized carbons (Fsp3) is 0.556. The Balaban J connectivity index is 1.45. The van der Waals surface area contributed by atoms with Gasteiger partial charge in [0.1, 0.15) is 5.82 Å². The molecule has 0 spiro atoms. The van der Waals surface area contributed by atoms with Crippen LogP contribution < -0.4 is 20.9 Å². The lowest BCUT2D eigenvalue weighted by Crippen LogP contribution is -2.43. The SMILES string of the molecule is CSc1nc(Nc2ccc(N3CCNCC3)cn2)nc(NC2CCCC2)n1. The maximum Gasteiger partial charge on any atom is 0.234 e. The summed E-state index contributed by atoms with van der Waals surface area (Å²) in [7, 11) is 0. The summed E-state index contributed by atoms with van der Waals surface area (Å²) in [5.74, 6) is 1.90. The molecule has 0 unspecified atom stereocenters. The smallest absolute Gasteiger partial charge is 0.234 e. The van der Waals surface area contributed by atoms with Crippen molar-refractivity contribution in [3.8, 4) is 0 Å². The molecule has 0 amide bonds. The standard InChI is InChI=1S/C18H26N8S/c1-27-18-24-16(21-13-4-2-3-5-13)23-17(25-18)22-15-7-6-14(12-20-15)26-10-8-19-9-11-26/h6-7,12-13,19H,2-5,8-11H2,1H3,(H2,20,21,22,23,24,25). The van der Waals surface area contributed by atoms with Gasteiger partial charge >= 0.3 is 0 Å². The van der Waals surface area contributed by atoms with Crippen LogP contribution in [0.1, 0.15) is 25.7 Å². The molecule has 0 aromatic carbocycles. The minimum Gasteiger partial charge on any atom is -0.368 e. The van der Waals surface area contributed by atoms with E-state index in [1.54, 1.807) is 0 Å². The molecule has 1 aliphatic heterocycles. The molecule has 2 aromatic heterocycles. The van der Waals surface area contributed by atoms with Crippen molar-refractivity contribution in [3.05, 3.63) is 18.3 Å². The van der Waals surface area contributed by atoms with Crippen LogP contribution in [0.25, 0.3) is 0 Å². The lowest BCUT2D eigenvalue weighted by molar-refractivity contribution is 0.589. The lowest BCUT2D eigenvalue weighted by atomic mass is 10.3. The molecule has 1 saturated heterocycles. The first-order chi connectivity index (χ1) is 13.3. The zero-order valence-corrected chi connectivity index (χ0v) is 16.4. The number of pyridine rings is 1. The van der Waals surface area contributed by atoms with Crippen molar-refractivity contribution in [3.63, 3.8) is 0 Å². The van der Waals surface area contributed by atoms with E-state index in [1.807, 2.05) is 18.5 Å². The Morgan fingerprint density at radius 3 is 2.56 bits per heavy atom. The van der Waals surface area contributed by atoms with Crippen molar-refractivity contribution in [2.75, 3.05) is 48.0 Å². The third kappa shape index (κ3) is 4.78. The number of nitrogens with one attached hydrogen (secondary N) is 3. The molecule has 9 heteroatoms. The zero-order chi connectivity index (χ0) is 18.5. The highest BCUT2D eigenvalue weighted by Crippen LogP contribution is 2.23. The summed E-state index contributed by atoms with van der Waals surface area (Å²) in [4.78, 5) is 20.4. The van der Waals surface area contributed by atoms with E-state index in [0.29, 0.717) is 23.1 Å². The van der Waals surface area contributed by atoms with Crippen molar-refractivity contribution in [2.24, 2.45) is 0 Å². The number of anilines is 4. The van der Waals surface area contributed by atoms with Crippen molar-refractivity contribution in [1.29, 1.82) is 0 Å². The van der Waals surface area contributed by atoms with Crippen LogP contribution in [0.15, 0.2) is 23.5 Å². The Morgan fingerprint density at radius 2 is 1.85 bits per heavy atom. The Labute approximate surface area is 164 Å². The average Bonchev–Trinajstić information content (AvgIpc) is 3.22. The predicted octanol–water partition coefficient (Wildman–Crippen LogP) is 2.50. The van der Waals surface area contributed by atoms with Crippen LogP contribution >= 0.6 is 11.8 Å². The van der Waals surface area contributed by atoms with E-state index < -0.39 is 0 Å². The third-order valence-corrected chi connectivity index (χ3v) is 5.50. The van der Waals surface area contributed by atoms with Gasteiger partial charge in [-0.05, 0) is 31.2 Å². The van der Waals surface area contributed by atoms with Crippen LogP contribution in [-0.4, -0.2) is 58.4 Å². The van der Waals surface area contributed by atoms with Crippen LogP contribution in [0.3, 0.4) is 0 Å². The molecule has 1 aliphatic carbocycles. The Bertz CT molecular complexity index is 742. The van der Waals surface area contributed by atoms with Gasteiger partial charge in [0.25, 0.3) is 0 Å². The quantitative estimate of drug-likeness (QED) is 0.648. The van der Waals surface area contributed by atoms with Crippen LogP contribution in [0.5, 0.6) is 0 Å². The number of hydrogen-bond acceptors (Lipinski definition) is 9. The first kappa shape index (κ1) is 18.2. The molecule has 3 heterocycles. The largest absolute Gasteiger partial charge is 0.368 e. The van der Waals surface area contributed by atoms with Gasteiger partial charge in [-0.3, -0.25) is 0 Å². The highest BCUT2D eigenvalue weighted by molar-refractivity contribution is 7.98. The molecule has 2 fully saturated rings. The molecule has 2 aromatic rings. The van der Waals surface area contributed by atoms with E-state index in [2.05, 4.69) is 46.9 Å². The zero-order valence-electron chi connectivity index (χ0n) is 15.6. The molecular weight excluding hydrogens is 360 g/mol. The number of piperazine rings is 1. The van der Waals surface area contributed by atoms with Gasteiger partial charge in [-0.2, -0.15) is 15.0 Å². The van der Waals surface area contributed by atoms with Gasteiger partial charge in [-0.25, -0.2) is 4.98 Å². The summed E-state index contributed by atoms with van der Waals surface area (Å²) in [5.41, 5.74) is 1.14. The van der Waals surface area contributed by atoms with E-state index in [0.717, 1.165) is 37.7 Å². The van der Waals surface area contributed by atoms with Crippen molar-refractivity contribution in [1.82, 2.24) is 25.3 Å². The summed E-state index contributed by atoms with van der Waals surface area (Å²) < 4.78 is 0. The van der Waals surface area contributed by atoms with Gasteiger partial charge < -0.3 is 20.9 Å². The second-order valence-corrected chi connectivity index (χ2v) is 7.63. The molecular formula is C18H26N8S. The molecule has 8 nitrogen and oxygen atoms in total. The lowest BCUT2D eigenvalue weighted by Gasteiger charge is -2.29. The Morgan fingerprint density at radius 1 is 1.07 bits per heavy atom. The topological polar surface area (TPSA) is 90.9 Å². The van der Waals surface area contributed by atoms with Crippen LogP contribution in [0, 0.1) is 0 Å². The van der Waals surface area contributed by atoms with Gasteiger partial charge in [-0.15, -0.1) is 0 Å². The third-order valence-electron chi connectivity index (χ3n) is 4.96. The highest BCUT2D eigenvalue weighted by Gasteiger charge is 2.17. The van der Waals surface area contributed by atoms with Crippen molar-refractivity contribution >= 4 is 35.2 Å². The van der Waals surface area contributed by atoms with E-state index in [1.165, 1.54) is 37.4 Å². The van der Waals surface area contributed by atoms with Crippen LogP contribution in [0.2, 0.25) is 0 Å². The molecule has 0 atom stereocenters. The summed E-state index contributed by atoms with van der Waals surface area (Å²) in [6, 6.07) is 4.53. The second kappa shape index (κ2) is 8.71. The maximum atomic E-state index is 4.54. The van der Waals surface area contributed by atoms with Gasteiger partial charge in [0, 0.05) is 32.2 Å². The van der Waals surface area contributed by atoms with Gasteiger partial charge in [0.15, 0.2) is 5.16 Å². The number of nitrogens with zero attached hydrogens (tertiary/aromatic N) is 5. The Kier molecular flexibility index (Phi) is 5.88. The van der Waals surface area contributed by atoms with E-state index in [4.69, 9.17) is 0 Å². The normalized spacial score (nSPS) is 17.9. The Hall–Kier alpha value is -2.13. The monoisotopic (exact) mass is 386 g/mol. The van der Waals surface area contributed by atoms with Crippen molar-refractivity contribution in [2.45, 2.75) is 36.9 Å². The second-order valence-electron chi connectivity index (χ2n) is 6.86. The molecule has 2 aliphatic rings. The summed E-state index contributed by atoms with van der Waals surface area (Å²) in [6.45, 7) is 4.04. The number of rotatable bonds is 6. The predicted molar refractivity (Wildman–Crippen MR) is 110 cm³/mol. The summed E-state index contributed by atoms with van der Waals surface area (Å²) in [5, 5.41) is 10.7. The molecule has 144 valence electrons. The molecule has 0 bridgehead atoms. The number of hydrogen-bond donors (Lipinski definition) is 3. The van der Waals surface area contributed by atoms with Crippen LogP contribution in [-0.2, 0) is 0 Å². The van der Waals surface area contributed by atoms with Gasteiger partial charge in [0.05, 0.1) is 11.9 Å². The summed E-state index contributed by atoms with van der Waals surface area (Å²) >= 11 is 1.51. The van der Waals surface area contributed by atoms with Gasteiger partial charge in [-0.1, -0.05) is 24.6 Å². The number of thioether (sulfide) groups is 1. The molecule has 27 heavy (non-hydrogen) atoms. The van der Waals surface area contributed by atoms with E-state index >= 15 is 0 Å². The molecule has 3 N–H and O–H groups in total. The first-order valence-electron chi connectivity index (χ1n) is 9.55. The van der Waals surface area contributed by atoms with E-state index in [-0.39, 0.29) is 0 Å². The minimum absolute atomic E-state index is 0.464. The average molecular weight is 387 g/mol. The molecule has 4 rings (SSSR count). The number of aromatic nitrogens is 4. The summed E-state index contributed by atoms with van der Waals surface area (Å²) in [6.07, 6.45) is 8.77. The maximum absolute atomic E-state index is 4.54. The highest BCUT2D eigenvalue weighted by atomic mass is 32.2. The molecule has 1 saturated carbocycles.